The molecule has 0 unspecified atom stereocenters. The SMILES string of the molecule is COC(=O)N[C@H](C(=O)N1CC(C)=C[C@H]1c1ncc(-c2ccc(C#Cc3ccc(-c4cnc([C@@H]5CCCN5C(=O)[C@@H](NC(=O)OC)C(C)C)[nH]4)cc3)cc2)[nH]1)C(C)C. The highest BCUT2D eigenvalue weighted by molar-refractivity contribution is 5.87. The number of benzene rings is 2. The molecule has 4 aromatic rings. The van der Waals surface area contributed by atoms with Crippen LogP contribution in [0.15, 0.2) is 72.6 Å². The number of imidazole rings is 2. The molecule has 0 aliphatic carbocycles. The monoisotopic (exact) mass is 774 g/mol. The Morgan fingerprint density at radius 3 is 1.70 bits per heavy atom. The van der Waals surface area contributed by atoms with Crippen molar-refractivity contribution >= 4 is 24.0 Å². The van der Waals surface area contributed by atoms with Gasteiger partial charge in [-0.1, -0.05) is 75.5 Å². The number of H-pyrrole nitrogens is 2. The van der Waals surface area contributed by atoms with Gasteiger partial charge in [0.2, 0.25) is 11.8 Å². The largest absolute Gasteiger partial charge is 0.453 e. The van der Waals surface area contributed by atoms with Crippen molar-refractivity contribution in [3.05, 3.63) is 95.3 Å². The predicted octanol–water partition coefficient (Wildman–Crippen LogP) is 6.12. The van der Waals surface area contributed by atoms with Gasteiger partial charge in [-0.3, -0.25) is 9.59 Å². The highest BCUT2D eigenvalue weighted by Crippen LogP contribution is 2.34. The Morgan fingerprint density at radius 2 is 1.21 bits per heavy atom. The summed E-state index contributed by atoms with van der Waals surface area (Å²) in [4.78, 5) is 70.6. The summed E-state index contributed by atoms with van der Waals surface area (Å²) in [6.45, 7) is 10.5. The molecule has 2 aliphatic rings. The van der Waals surface area contributed by atoms with Crippen LogP contribution in [0.25, 0.3) is 22.5 Å². The molecule has 4 atom stereocenters. The molecular weight excluding hydrogens is 725 g/mol. The topological polar surface area (TPSA) is 175 Å². The molecule has 4 N–H and O–H groups in total. The van der Waals surface area contributed by atoms with Gasteiger partial charge in [-0.15, -0.1) is 0 Å². The number of rotatable bonds is 10. The van der Waals surface area contributed by atoms with E-state index >= 15 is 0 Å². The van der Waals surface area contributed by atoms with Crippen LogP contribution in [0.2, 0.25) is 0 Å². The second-order valence-corrected chi connectivity index (χ2v) is 15.1. The number of carbonyl (C=O) groups excluding carboxylic acids is 4. The highest BCUT2D eigenvalue weighted by atomic mass is 16.5. The fraction of sp³-hybridized carbons (Fsp3) is 0.395. The minimum atomic E-state index is -0.735. The fourth-order valence-electron chi connectivity index (χ4n) is 7.19. The number of aromatic amines is 2. The van der Waals surface area contributed by atoms with Crippen molar-refractivity contribution < 1.29 is 28.7 Å². The van der Waals surface area contributed by atoms with Crippen molar-refractivity contribution in [2.75, 3.05) is 27.3 Å². The molecular formula is C43H50N8O6. The summed E-state index contributed by atoms with van der Waals surface area (Å²) in [5.41, 5.74) is 6.25. The third-order valence-corrected chi connectivity index (χ3v) is 10.3. The first-order valence-electron chi connectivity index (χ1n) is 19.2. The molecule has 298 valence electrons. The molecule has 57 heavy (non-hydrogen) atoms. The lowest BCUT2D eigenvalue weighted by Gasteiger charge is -2.30. The molecule has 14 heteroatoms. The number of likely N-dealkylation sites (tertiary alicyclic amines) is 1. The van der Waals surface area contributed by atoms with Crippen molar-refractivity contribution in [3.8, 4) is 34.4 Å². The van der Waals surface area contributed by atoms with Crippen LogP contribution in [0.3, 0.4) is 0 Å². The first-order chi connectivity index (χ1) is 27.4. The Kier molecular flexibility index (Phi) is 12.5. The number of methoxy groups -OCH3 is 2. The van der Waals surface area contributed by atoms with Gasteiger partial charge in [0, 0.05) is 24.2 Å². The smallest absolute Gasteiger partial charge is 0.407 e. The van der Waals surface area contributed by atoms with Gasteiger partial charge in [0.05, 0.1) is 44.0 Å². The number of hydrogen-bond acceptors (Lipinski definition) is 8. The second kappa shape index (κ2) is 17.6. The van der Waals surface area contributed by atoms with Crippen LogP contribution >= 0.6 is 0 Å². The number of amides is 4. The minimum Gasteiger partial charge on any atom is -0.453 e. The maximum absolute atomic E-state index is 13.6. The first kappa shape index (κ1) is 40.3. The predicted molar refractivity (Wildman–Crippen MR) is 214 cm³/mol. The van der Waals surface area contributed by atoms with Gasteiger partial charge >= 0.3 is 12.2 Å². The first-order valence-corrected chi connectivity index (χ1v) is 19.2. The van der Waals surface area contributed by atoms with E-state index in [0.717, 1.165) is 52.1 Å². The van der Waals surface area contributed by atoms with Crippen LogP contribution in [-0.4, -0.2) is 93.1 Å². The lowest BCUT2D eigenvalue weighted by atomic mass is 10.0. The van der Waals surface area contributed by atoms with Crippen LogP contribution in [0.5, 0.6) is 0 Å². The van der Waals surface area contributed by atoms with Crippen LogP contribution in [0, 0.1) is 23.7 Å². The Morgan fingerprint density at radius 1 is 0.737 bits per heavy atom. The van der Waals surface area contributed by atoms with E-state index < -0.39 is 30.3 Å². The Labute approximate surface area is 332 Å². The van der Waals surface area contributed by atoms with Crippen molar-refractivity contribution in [1.29, 1.82) is 0 Å². The van der Waals surface area contributed by atoms with Crippen LogP contribution in [0.4, 0.5) is 9.59 Å². The second-order valence-electron chi connectivity index (χ2n) is 15.1. The van der Waals surface area contributed by atoms with E-state index in [-0.39, 0.29) is 29.7 Å². The molecule has 1 saturated heterocycles. The molecule has 2 aliphatic heterocycles. The molecule has 6 rings (SSSR count). The van der Waals surface area contributed by atoms with Crippen LogP contribution in [0.1, 0.15) is 82.3 Å². The average Bonchev–Trinajstić information content (AvgIpc) is 4.04. The van der Waals surface area contributed by atoms with E-state index in [9.17, 15) is 19.2 Å². The van der Waals surface area contributed by atoms with Gasteiger partial charge in [0.25, 0.3) is 0 Å². The Bertz CT molecular complexity index is 2180. The number of carbonyl (C=O) groups is 4. The molecule has 0 saturated carbocycles. The third-order valence-electron chi connectivity index (χ3n) is 10.3. The maximum atomic E-state index is 13.6. The summed E-state index contributed by atoms with van der Waals surface area (Å²) in [6.07, 6.45) is 5.89. The molecule has 1 fully saturated rings. The molecule has 4 amide bonds. The van der Waals surface area contributed by atoms with Crippen molar-refractivity contribution in [2.45, 2.75) is 71.6 Å². The molecule has 14 nitrogen and oxygen atoms in total. The lowest BCUT2D eigenvalue weighted by molar-refractivity contribution is -0.136. The molecule has 0 spiro atoms. The number of hydrogen-bond donors (Lipinski definition) is 4. The standard InChI is InChI=1S/C43H50N8O6/c1-25(2)36(48-42(54)56-6)40(52)50-20-8-9-34(50)38-44-22-32(46-38)30-16-12-28(13-17-30)10-11-29-14-18-31(19-15-29)33-23-45-39(47-33)35-21-27(5)24-51(35)41(53)37(26(3)4)49-43(55)57-7/h12-19,21-23,25-26,34-37H,8-9,20,24H2,1-7H3,(H,44,46)(H,45,47)(H,48,54)(H,49,55)/t34-,35-,36-,37-/m0/s1. The van der Waals surface area contributed by atoms with E-state index in [1.165, 1.54) is 14.2 Å². The average molecular weight is 775 g/mol. The summed E-state index contributed by atoms with van der Waals surface area (Å²) in [5, 5.41) is 5.36. The summed E-state index contributed by atoms with van der Waals surface area (Å²) >= 11 is 0. The number of alkyl carbamates (subject to hydrolysis) is 2. The Hall–Kier alpha value is -6.36. The van der Waals surface area contributed by atoms with Crippen molar-refractivity contribution in [1.82, 2.24) is 40.4 Å². The van der Waals surface area contributed by atoms with E-state index in [1.807, 2.05) is 89.2 Å². The lowest BCUT2D eigenvalue weighted by Crippen LogP contribution is -2.51. The van der Waals surface area contributed by atoms with Gasteiger partial charge in [-0.25, -0.2) is 19.6 Å². The van der Waals surface area contributed by atoms with E-state index in [4.69, 9.17) is 9.47 Å². The van der Waals surface area contributed by atoms with Gasteiger partial charge in [0.1, 0.15) is 29.8 Å². The Balaban J connectivity index is 1.09. The quantitative estimate of drug-likeness (QED) is 0.110. The number of ether oxygens (including phenoxy) is 2. The summed E-state index contributed by atoms with van der Waals surface area (Å²) < 4.78 is 9.50. The van der Waals surface area contributed by atoms with E-state index in [1.54, 1.807) is 22.2 Å². The van der Waals surface area contributed by atoms with Gasteiger partial charge < -0.3 is 39.9 Å². The van der Waals surface area contributed by atoms with Crippen molar-refractivity contribution in [3.63, 3.8) is 0 Å². The summed E-state index contributed by atoms with van der Waals surface area (Å²) in [5.74, 6) is 7.23. The van der Waals surface area contributed by atoms with E-state index in [2.05, 4.69) is 42.4 Å². The van der Waals surface area contributed by atoms with Crippen LogP contribution in [-0.2, 0) is 19.1 Å². The van der Waals surface area contributed by atoms with Crippen LogP contribution < -0.4 is 10.6 Å². The number of nitrogens with one attached hydrogen (secondary N) is 4. The molecule has 2 aromatic carbocycles. The maximum Gasteiger partial charge on any atom is 0.407 e. The van der Waals surface area contributed by atoms with Gasteiger partial charge in [-0.2, -0.15) is 0 Å². The van der Waals surface area contributed by atoms with Gasteiger partial charge in [-0.05, 0) is 67.0 Å². The zero-order valence-electron chi connectivity index (χ0n) is 33.4. The molecule has 4 heterocycles. The highest BCUT2D eigenvalue weighted by Gasteiger charge is 2.38. The zero-order chi connectivity index (χ0) is 40.8. The third kappa shape index (κ3) is 9.20. The molecule has 0 bridgehead atoms. The fourth-order valence-corrected chi connectivity index (χ4v) is 7.19. The zero-order valence-corrected chi connectivity index (χ0v) is 33.4. The number of nitrogens with zero attached hydrogens (tertiary/aromatic N) is 4. The van der Waals surface area contributed by atoms with E-state index in [0.29, 0.717) is 24.7 Å². The summed E-state index contributed by atoms with van der Waals surface area (Å²) in [6, 6.07) is 13.7. The minimum absolute atomic E-state index is 0.109. The number of aromatic nitrogens is 4. The summed E-state index contributed by atoms with van der Waals surface area (Å²) in [7, 11) is 2.56. The van der Waals surface area contributed by atoms with Gasteiger partial charge in [0.15, 0.2) is 0 Å². The molecule has 0 radical (unpaired) electrons. The normalized spacial score (nSPS) is 17.5. The van der Waals surface area contributed by atoms with Crippen molar-refractivity contribution in [2.24, 2.45) is 11.8 Å². The molecule has 2 aromatic heterocycles.